The van der Waals surface area contributed by atoms with Crippen molar-refractivity contribution in [3.05, 3.63) is 29.8 Å². The van der Waals surface area contributed by atoms with Crippen LogP contribution in [0.2, 0.25) is 0 Å². The first kappa shape index (κ1) is 13.5. The maximum absolute atomic E-state index is 12.0. The van der Waals surface area contributed by atoms with Crippen molar-refractivity contribution in [1.29, 1.82) is 0 Å². The predicted molar refractivity (Wildman–Crippen MR) is 76.9 cm³/mol. The minimum atomic E-state index is -0.724. The zero-order chi connectivity index (χ0) is 14.0. The number of benzene rings is 1. The topological polar surface area (TPSA) is 46.5 Å². The van der Waals surface area contributed by atoms with Gasteiger partial charge < -0.3 is 9.84 Å². The van der Waals surface area contributed by atoms with Crippen LogP contribution in [0.3, 0.4) is 0 Å². The number of para-hydroxylation sites is 1. The molecule has 20 heavy (non-hydrogen) atoms. The van der Waals surface area contributed by atoms with Gasteiger partial charge in [-0.2, -0.15) is 0 Å². The summed E-state index contributed by atoms with van der Waals surface area (Å²) in [5.74, 6) is 0.424. The van der Waals surface area contributed by atoms with Crippen LogP contribution in [0, 0.1) is 11.3 Å². The Labute approximate surface area is 120 Å². The van der Waals surface area contributed by atoms with E-state index >= 15 is 0 Å². The molecule has 0 saturated heterocycles. The van der Waals surface area contributed by atoms with E-state index in [1.54, 1.807) is 0 Å². The van der Waals surface area contributed by atoms with E-state index in [1.165, 1.54) is 12.8 Å². The molecule has 0 spiro atoms. The molecule has 1 atom stereocenters. The highest BCUT2D eigenvalue weighted by molar-refractivity contribution is 5.76. The Morgan fingerprint density at radius 2 is 1.85 bits per heavy atom. The van der Waals surface area contributed by atoms with Gasteiger partial charge in [0.25, 0.3) is 0 Å². The third kappa shape index (κ3) is 2.30. The van der Waals surface area contributed by atoms with Gasteiger partial charge in [0, 0.05) is 0 Å². The van der Waals surface area contributed by atoms with E-state index in [-0.39, 0.29) is 5.92 Å². The summed E-state index contributed by atoms with van der Waals surface area (Å²) in [4.78, 5) is 12.0. The molecular weight excluding hydrogens is 252 g/mol. The first-order valence-corrected chi connectivity index (χ1v) is 7.66. The van der Waals surface area contributed by atoms with Crippen LogP contribution in [0.25, 0.3) is 0 Å². The van der Waals surface area contributed by atoms with Gasteiger partial charge in [0.1, 0.15) is 17.8 Å². The number of ether oxygens (including phenoxy) is 1. The number of hydrogen-bond acceptors (Lipinski definition) is 2. The fourth-order valence-electron chi connectivity index (χ4n) is 3.79. The summed E-state index contributed by atoms with van der Waals surface area (Å²) < 4.78 is 5.81. The second-order valence-corrected chi connectivity index (χ2v) is 6.22. The molecule has 0 bridgehead atoms. The Hall–Kier alpha value is -1.51. The number of fused-ring (bicyclic) bond motifs is 1. The maximum Gasteiger partial charge on any atom is 0.313 e. The van der Waals surface area contributed by atoms with E-state index in [0.717, 1.165) is 37.0 Å². The van der Waals surface area contributed by atoms with Gasteiger partial charge in [-0.25, -0.2) is 0 Å². The lowest BCUT2D eigenvalue weighted by Gasteiger charge is -2.40. The minimum Gasteiger partial charge on any atom is -0.492 e. The summed E-state index contributed by atoms with van der Waals surface area (Å²) in [5.41, 5.74) is 0.323. The van der Waals surface area contributed by atoms with Crippen LogP contribution in [0.4, 0.5) is 0 Å². The molecule has 0 aromatic heterocycles. The smallest absolute Gasteiger partial charge is 0.313 e. The van der Waals surface area contributed by atoms with Crippen LogP contribution >= 0.6 is 0 Å². The molecule has 1 saturated carbocycles. The number of aliphatic carboxylic acids is 1. The predicted octanol–water partition coefficient (Wildman–Crippen LogP) is 3.66. The van der Waals surface area contributed by atoms with Crippen LogP contribution in [0.1, 0.15) is 44.1 Å². The van der Waals surface area contributed by atoms with Crippen molar-refractivity contribution in [2.75, 3.05) is 6.61 Å². The average Bonchev–Trinajstić information content (AvgIpc) is 2.76. The van der Waals surface area contributed by atoms with Gasteiger partial charge in [0.2, 0.25) is 0 Å². The molecule has 1 N–H and O–H groups in total. The molecule has 1 aliphatic heterocycles. The molecule has 3 nitrogen and oxygen atoms in total. The molecule has 1 aromatic rings. The van der Waals surface area contributed by atoms with E-state index < -0.39 is 11.4 Å². The Morgan fingerprint density at radius 3 is 2.55 bits per heavy atom. The van der Waals surface area contributed by atoms with Crippen LogP contribution in [0.5, 0.6) is 5.75 Å². The zero-order valence-electron chi connectivity index (χ0n) is 11.8. The minimum absolute atomic E-state index is 0.246. The highest BCUT2D eigenvalue weighted by Crippen LogP contribution is 2.45. The number of carboxylic acids is 1. The van der Waals surface area contributed by atoms with Crippen molar-refractivity contribution in [3.63, 3.8) is 0 Å². The number of carboxylic acid groups (broad SMARTS) is 1. The molecule has 3 heteroatoms. The van der Waals surface area contributed by atoms with Gasteiger partial charge in [-0.3, -0.25) is 4.79 Å². The molecule has 3 rings (SSSR count). The summed E-state index contributed by atoms with van der Waals surface area (Å²) in [5, 5.41) is 9.88. The van der Waals surface area contributed by atoms with Gasteiger partial charge >= 0.3 is 5.97 Å². The summed E-state index contributed by atoms with van der Waals surface area (Å²) in [6.07, 6.45) is 7.45. The molecule has 0 amide bonds. The monoisotopic (exact) mass is 274 g/mol. The highest BCUT2D eigenvalue weighted by atomic mass is 16.5. The maximum atomic E-state index is 12.0. The Morgan fingerprint density at radius 1 is 1.15 bits per heavy atom. The molecule has 1 aliphatic carbocycles. The fourth-order valence-corrected chi connectivity index (χ4v) is 3.79. The van der Waals surface area contributed by atoms with E-state index in [4.69, 9.17) is 4.74 Å². The second kappa shape index (κ2) is 5.47. The van der Waals surface area contributed by atoms with Crippen LogP contribution in [-0.2, 0) is 11.2 Å². The quantitative estimate of drug-likeness (QED) is 0.837. The normalized spacial score (nSPS) is 27.2. The Kier molecular flexibility index (Phi) is 3.68. The molecule has 1 heterocycles. The van der Waals surface area contributed by atoms with Crippen molar-refractivity contribution >= 4 is 5.97 Å². The van der Waals surface area contributed by atoms with Gasteiger partial charge in [0.05, 0.1) is 0 Å². The Balaban J connectivity index is 1.91. The van der Waals surface area contributed by atoms with Crippen LogP contribution < -0.4 is 4.74 Å². The summed E-state index contributed by atoms with van der Waals surface area (Å²) >= 11 is 0. The lowest BCUT2D eigenvalue weighted by molar-refractivity contribution is -0.157. The van der Waals surface area contributed by atoms with E-state index in [2.05, 4.69) is 0 Å². The standard InChI is InChI=1S/C17H22O3/c18-16(19)17(14-8-3-1-2-4-9-14)11-13-7-5-6-10-15(13)20-12-17/h5-7,10,14H,1-4,8-9,11-12H2,(H,18,19). The lowest BCUT2D eigenvalue weighted by atomic mass is 9.67. The largest absolute Gasteiger partial charge is 0.492 e. The van der Waals surface area contributed by atoms with E-state index in [9.17, 15) is 9.90 Å². The molecule has 1 fully saturated rings. The molecular formula is C17H22O3. The average molecular weight is 274 g/mol. The summed E-state index contributed by atoms with van der Waals surface area (Å²) in [6, 6.07) is 7.85. The highest BCUT2D eigenvalue weighted by Gasteiger charge is 2.48. The molecule has 108 valence electrons. The van der Waals surface area contributed by atoms with Gasteiger partial charge in [0.15, 0.2) is 0 Å². The van der Waals surface area contributed by atoms with Gasteiger partial charge in [-0.1, -0.05) is 43.9 Å². The van der Waals surface area contributed by atoms with Crippen molar-refractivity contribution < 1.29 is 14.6 Å². The molecule has 0 radical (unpaired) electrons. The first-order chi connectivity index (χ1) is 9.72. The molecule has 1 aromatic carbocycles. The van der Waals surface area contributed by atoms with Crippen LogP contribution in [0.15, 0.2) is 24.3 Å². The van der Waals surface area contributed by atoms with Crippen molar-refractivity contribution in [2.24, 2.45) is 11.3 Å². The zero-order valence-corrected chi connectivity index (χ0v) is 11.8. The van der Waals surface area contributed by atoms with Crippen LogP contribution in [-0.4, -0.2) is 17.7 Å². The molecule has 2 aliphatic rings. The number of hydrogen-bond donors (Lipinski definition) is 1. The molecule has 1 unspecified atom stereocenters. The van der Waals surface area contributed by atoms with Crippen molar-refractivity contribution in [3.8, 4) is 5.75 Å². The summed E-state index contributed by atoms with van der Waals surface area (Å²) in [6.45, 7) is 0.323. The fraction of sp³-hybridized carbons (Fsp3) is 0.588. The van der Waals surface area contributed by atoms with Gasteiger partial charge in [-0.05, 0) is 36.8 Å². The SMILES string of the molecule is O=C(O)C1(C2CCCCCC2)COc2ccccc2C1. The van der Waals surface area contributed by atoms with Gasteiger partial charge in [-0.15, -0.1) is 0 Å². The summed E-state index contributed by atoms with van der Waals surface area (Å²) in [7, 11) is 0. The third-order valence-corrected chi connectivity index (χ3v) is 5.03. The third-order valence-electron chi connectivity index (χ3n) is 5.03. The lowest BCUT2D eigenvalue weighted by Crippen LogP contribution is -2.47. The van der Waals surface area contributed by atoms with E-state index in [1.807, 2.05) is 24.3 Å². The van der Waals surface area contributed by atoms with Crippen molar-refractivity contribution in [1.82, 2.24) is 0 Å². The van der Waals surface area contributed by atoms with E-state index in [0.29, 0.717) is 13.0 Å². The number of carbonyl (C=O) groups is 1. The first-order valence-electron chi connectivity index (χ1n) is 7.66. The Bertz CT molecular complexity index is 489. The second-order valence-electron chi connectivity index (χ2n) is 6.22. The van der Waals surface area contributed by atoms with Crippen molar-refractivity contribution in [2.45, 2.75) is 44.9 Å². The number of rotatable bonds is 2.